The summed E-state index contributed by atoms with van der Waals surface area (Å²) >= 11 is 11.7. The van der Waals surface area contributed by atoms with Crippen LogP contribution in [0.2, 0.25) is 0 Å². The first-order valence-corrected chi connectivity index (χ1v) is 14.4. The molecule has 37 heavy (non-hydrogen) atoms. The van der Waals surface area contributed by atoms with Crippen molar-refractivity contribution in [2.75, 3.05) is 31.4 Å². The van der Waals surface area contributed by atoms with Crippen molar-refractivity contribution in [1.82, 2.24) is 9.80 Å². The molecule has 1 rings (SSSR count). The Morgan fingerprint density at radius 3 is 1.86 bits per heavy atom. The Bertz CT molecular complexity index is 911. The first-order valence-electron chi connectivity index (χ1n) is 10.1. The second-order valence-electron chi connectivity index (χ2n) is 7.70. The molecule has 0 saturated heterocycles. The van der Waals surface area contributed by atoms with Gasteiger partial charge in [-0.15, -0.1) is 23.2 Å². The van der Waals surface area contributed by atoms with Crippen LogP contribution >= 0.6 is 38.4 Å². The molecule has 0 radical (unpaired) electrons. The Morgan fingerprint density at radius 2 is 1.49 bits per heavy atom. The Morgan fingerprint density at radius 1 is 1.03 bits per heavy atom. The van der Waals surface area contributed by atoms with E-state index >= 15 is 0 Å². The van der Waals surface area contributed by atoms with Crippen molar-refractivity contribution in [3.63, 3.8) is 0 Å². The fourth-order valence-electron chi connectivity index (χ4n) is 3.24. The van der Waals surface area contributed by atoms with Crippen LogP contribution < -0.4 is 15.5 Å². The van der Waals surface area contributed by atoms with E-state index in [2.05, 4.69) is 5.32 Å². The molecule has 0 aromatic heterocycles. The number of hydrogen-bond donors (Lipinski definition) is 7. The van der Waals surface area contributed by atoms with E-state index in [4.69, 9.17) is 48.5 Å². The zero-order chi connectivity index (χ0) is 26.2. The molecule has 0 fully saturated rings. The molecule has 2 amide bonds. The molecule has 1 aromatic rings. The summed E-state index contributed by atoms with van der Waals surface area (Å²) in [5, 5.41) is 8.68. The van der Waals surface area contributed by atoms with Gasteiger partial charge in [0.15, 0.2) is 0 Å². The van der Waals surface area contributed by atoms with Gasteiger partial charge in [0, 0.05) is 13.0 Å². The molecule has 1 atom stereocenters. The zero-order valence-corrected chi connectivity index (χ0v) is 21.5. The second-order valence-corrected chi connectivity index (χ2v) is 12.5. The number of carbonyl (C=O) groups is 2. The molecule has 0 saturated carbocycles. The topological polar surface area (TPSA) is 207 Å². The summed E-state index contributed by atoms with van der Waals surface area (Å²) in [6.07, 6.45) is -0.362. The summed E-state index contributed by atoms with van der Waals surface area (Å²) < 4.78 is 22.6. The van der Waals surface area contributed by atoms with Crippen LogP contribution in [0.3, 0.4) is 0 Å². The Labute approximate surface area is 292 Å². The van der Waals surface area contributed by atoms with Crippen molar-refractivity contribution in [3.8, 4) is 0 Å². The summed E-state index contributed by atoms with van der Waals surface area (Å²) in [6.45, 7) is 0.486. The molecule has 0 aliphatic heterocycles. The number of benzene rings is 1. The molecular weight excluding hydrogens is 604 g/mol. The first kappa shape index (κ1) is 43.6. The summed E-state index contributed by atoms with van der Waals surface area (Å²) in [5.41, 5.74) is 7.28. The number of carbonyl (C=O) groups excluding carboxylic acids is 2. The first-order chi connectivity index (χ1) is 15.7. The van der Waals surface area contributed by atoms with E-state index < -0.39 is 38.6 Å². The maximum absolute atomic E-state index is 12.2. The summed E-state index contributed by atoms with van der Waals surface area (Å²) in [5.74, 6) is -0.105. The van der Waals surface area contributed by atoms with Gasteiger partial charge in [-0.25, -0.2) is 9.28 Å². The average molecular weight is 637 g/mol. The van der Waals surface area contributed by atoms with Gasteiger partial charge < -0.3 is 35.7 Å². The third-order valence-corrected chi connectivity index (χ3v) is 9.55. The summed E-state index contributed by atoms with van der Waals surface area (Å²) in [7, 11) is -11.1. The van der Waals surface area contributed by atoms with Gasteiger partial charge in [0.2, 0.25) is 5.91 Å². The van der Waals surface area contributed by atoms with Crippen molar-refractivity contribution in [2.45, 2.75) is 30.4 Å². The molecular formula is C18H33Cl2N3Na3O9P2+. The summed E-state index contributed by atoms with van der Waals surface area (Å²) in [4.78, 5) is 60.4. The maximum atomic E-state index is 12.2. The van der Waals surface area contributed by atoms with E-state index in [1.165, 1.54) is 0 Å². The standard InChI is InChI=1S/C18H29Cl2N3O9P2.3Na.3H/c19-7-10-23(13-24,11-8-20)15-4-2-14(3-5-15)12-16(21)17(25)22-9-1-6-18(26,33(27,28)29)34(30,31)32;;;;;;/h2-5,13,16,26H,1,6-12,21H2,(H4-,22,25,27,28,29,30,31,32);;;;;;/p+1/t16-;;;;;;/m0....../s1. The Balaban J connectivity index is -0.00000385. The van der Waals surface area contributed by atoms with Crippen LogP contribution in [0, 0.1) is 0 Å². The third-order valence-electron chi connectivity index (χ3n) is 5.33. The fraction of sp³-hybridized carbons (Fsp3) is 0.556. The van der Waals surface area contributed by atoms with Gasteiger partial charge >= 0.3 is 110 Å². The van der Waals surface area contributed by atoms with Crippen LogP contribution in [0.15, 0.2) is 24.3 Å². The van der Waals surface area contributed by atoms with E-state index in [0.717, 1.165) is 6.41 Å². The SMILES string of the molecule is N[C@@H](Cc1ccc([N+](C=O)(CCCl)CCCl)cc1)C(=O)NCCCC(O)(P(=O)(O)O)P(=O)(O)O.[NaH].[NaH].[NaH]. The van der Waals surface area contributed by atoms with E-state index in [-0.39, 0.29) is 124 Å². The predicted molar refractivity (Wildman–Crippen MR) is 150 cm³/mol. The van der Waals surface area contributed by atoms with Gasteiger partial charge in [-0.3, -0.25) is 13.9 Å². The number of rotatable bonds is 15. The zero-order valence-electron chi connectivity index (χ0n) is 18.2. The van der Waals surface area contributed by atoms with Gasteiger partial charge in [0.25, 0.3) is 5.08 Å². The van der Waals surface area contributed by atoms with Gasteiger partial charge in [-0.1, -0.05) is 12.1 Å². The number of nitrogens with two attached hydrogens (primary N) is 1. The fourth-order valence-corrected chi connectivity index (χ4v) is 6.10. The number of hydrogen-bond acceptors (Lipinski definition) is 6. The van der Waals surface area contributed by atoms with Crippen LogP contribution in [-0.4, -0.2) is 168 Å². The van der Waals surface area contributed by atoms with E-state index in [9.17, 15) is 23.8 Å². The Hall–Kier alpha value is 2.12. The molecule has 8 N–H and O–H groups in total. The molecule has 0 aliphatic rings. The predicted octanol–water partition coefficient (Wildman–Crippen LogP) is -1.55. The van der Waals surface area contributed by atoms with E-state index in [1.54, 1.807) is 24.3 Å². The van der Waals surface area contributed by atoms with Gasteiger partial charge in [-0.2, -0.15) is 0 Å². The molecule has 12 nitrogen and oxygen atoms in total. The number of nitrogens with one attached hydrogen (secondary N) is 1. The van der Waals surface area contributed by atoms with Crippen molar-refractivity contribution in [2.24, 2.45) is 5.73 Å². The molecule has 19 heteroatoms. The minimum atomic E-state index is -5.55. The third kappa shape index (κ3) is 12.5. The molecule has 200 valence electrons. The average Bonchev–Trinajstić information content (AvgIpc) is 2.75. The van der Waals surface area contributed by atoms with Crippen molar-refractivity contribution in [3.05, 3.63) is 29.8 Å². The number of nitrogens with zero attached hydrogens (tertiary/aromatic N) is 1. The quantitative estimate of drug-likeness (QED) is 0.0294. The molecule has 1 aromatic carbocycles. The second kappa shape index (κ2) is 19.3. The number of alkyl halides is 2. The van der Waals surface area contributed by atoms with Gasteiger partial charge in [0.05, 0.1) is 17.8 Å². The molecule has 0 bridgehead atoms. The molecule has 0 unspecified atom stereocenters. The number of aliphatic hydroxyl groups is 1. The van der Waals surface area contributed by atoms with Gasteiger partial charge in [0.1, 0.15) is 18.8 Å². The van der Waals surface area contributed by atoms with Crippen LogP contribution in [0.1, 0.15) is 18.4 Å². The van der Waals surface area contributed by atoms with E-state index in [0.29, 0.717) is 24.3 Å². The van der Waals surface area contributed by atoms with Crippen LogP contribution in [0.4, 0.5) is 5.69 Å². The van der Waals surface area contributed by atoms with Gasteiger partial charge in [-0.05, 0) is 30.5 Å². The summed E-state index contributed by atoms with van der Waals surface area (Å²) in [6, 6.07) is 5.87. The van der Waals surface area contributed by atoms with E-state index in [1.807, 2.05) is 0 Å². The van der Waals surface area contributed by atoms with Crippen molar-refractivity contribution in [1.29, 1.82) is 0 Å². The normalized spacial score (nSPS) is 12.9. The molecule has 0 spiro atoms. The number of quaternary nitrogens is 1. The monoisotopic (exact) mass is 636 g/mol. The number of halogens is 2. The van der Waals surface area contributed by atoms with Crippen molar-refractivity contribution < 1.29 is 43.4 Å². The van der Waals surface area contributed by atoms with Crippen molar-refractivity contribution >= 4 is 145 Å². The minimum absolute atomic E-state index is 0. The Kier molecular flexibility index (Phi) is 22.8. The number of amides is 2. The van der Waals surface area contributed by atoms with Crippen LogP contribution in [0.25, 0.3) is 0 Å². The molecule has 0 heterocycles. The van der Waals surface area contributed by atoms with Crippen LogP contribution in [-0.2, 0) is 25.1 Å². The van der Waals surface area contributed by atoms with Crippen LogP contribution in [0.5, 0.6) is 0 Å². The molecule has 0 aliphatic carbocycles.